The largest absolute Gasteiger partial charge is 0.106 e. The van der Waals surface area contributed by atoms with Gasteiger partial charge in [0.05, 0.1) is 0 Å². The van der Waals surface area contributed by atoms with Crippen LogP contribution >= 0.6 is 0 Å². The van der Waals surface area contributed by atoms with Gasteiger partial charge in [-0.3, -0.25) is 0 Å². The maximum atomic E-state index is 3.00. The second-order valence-electron chi connectivity index (χ2n) is 4.90. The van der Waals surface area contributed by atoms with E-state index in [0.717, 1.165) is 11.8 Å². The zero-order valence-electron chi connectivity index (χ0n) is 14.2. The third-order valence-corrected chi connectivity index (χ3v) is 3.31. The monoisotopic (exact) mass is 256 g/mol. The van der Waals surface area contributed by atoms with Crippen LogP contribution in [0.25, 0.3) is 0 Å². The van der Waals surface area contributed by atoms with Crippen LogP contribution in [0.3, 0.4) is 0 Å². The van der Waals surface area contributed by atoms with Crippen molar-refractivity contribution in [2.75, 3.05) is 0 Å². The molecule has 112 valence electrons. The number of hydrogen-bond acceptors (Lipinski definition) is 0. The van der Waals surface area contributed by atoms with Gasteiger partial charge in [0.1, 0.15) is 0 Å². The average Bonchev–Trinajstić information content (AvgIpc) is 2.43. The molecule has 0 fully saturated rings. The molecule has 0 radical (unpaired) electrons. The highest BCUT2D eigenvalue weighted by Crippen LogP contribution is 2.23. The molecule has 0 aliphatic carbocycles. The van der Waals surface area contributed by atoms with Crippen LogP contribution in [0.15, 0.2) is 13.2 Å². The van der Waals surface area contributed by atoms with Crippen LogP contribution in [0.1, 0.15) is 92.9 Å². The van der Waals surface area contributed by atoms with Crippen molar-refractivity contribution >= 4 is 0 Å². The second-order valence-corrected chi connectivity index (χ2v) is 4.90. The Morgan fingerprint density at radius 3 is 1.78 bits per heavy atom. The van der Waals surface area contributed by atoms with Crippen LogP contribution in [0, 0.1) is 11.8 Å². The Morgan fingerprint density at radius 1 is 0.833 bits per heavy atom. The Balaban J connectivity index is -0.000000506. The predicted octanol–water partition coefficient (Wildman–Crippen LogP) is 7.25. The van der Waals surface area contributed by atoms with Crippen molar-refractivity contribution in [3.8, 4) is 0 Å². The van der Waals surface area contributed by atoms with Crippen molar-refractivity contribution in [2.45, 2.75) is 92.9 Å². The topological polar surface area (TPSA) is 0 Å². The van der Waals surface area contributed by atoms with Gasteiger partial charge in [0.2, 0.25) is 0 Å². The molecule has 0 saturated carbocycles. The molecule has 0 aromatic rings. The lowest BCUT2D eigenvalue weighted by atomic mass is 9.87. The van der Waals surface area contributed by atoms with Gasteiger partial charge in [-0.2, -0.15) is 0 Å². The van der Waals surface area contributed by atoms with E-state index in [0.29, 0.717) is 0 Å². The summed E-state index contributed by atoms with van der Waals surface area (Å²) < 4.78 is 0. The molecule has 0 aromatic carbocycles. The van der Waals surface area contributed by atoms with E-state index in [4.69, 9.17) is 0 Å². The first-order chi connectivity index (χ1) is 8.74. The molecule has 18 heavy (non-hydrogen) atoms. The number of rotatable bonds is 9. The van der Waals surface area contributed by atoms with Crippen LogP contribution in [-0.2, 0) is 0 Å². The predicted molar refractivity (Wildman–Crippen MR) is 89.2 cm³/mol. The third-order valence-electron chi connectivity index (χ3n) is 3.31. The van der Waals surface area contributed by atoms with Gasteiger partial charge in [0.25, 0.3) is 0 Å². The van der Waals surface area contributed by atoms with E-state index in [1.54, 1.807) is 0 Å². The number of unbranched alkanes of at least 4 members (excludes halogenated alkanes) is 2. The maximum absolute atomic E-state index is 3.00. The first kappa shape index (κ1) is 22.9. The van der Waals surface area contributed by atoms with E-state index in [9.17, 15) is 0 Å². The van der Waals surface area contributed by atoms with Gasteiger partial charge in [-0.1, -0.05) is 86.5 Å². The lowest BCUT2D eigenvalue weighted by molar-refractivity contribution is 0.338. The van der Waals surface area contributed by atoms with Crippen LogP contribution in [0.5, 0.6) is 0 Å². The van der Waals surface area contributed by atoms with Crippen LogP contribution in [0.2, 0.25) is 0 Å². The molecule has 0 saturated heterocycles. The molecule has 0 heterocycles. The summed E-state index contributed by atoms with van der Waals surface area (Å²) in [5.41, 5.74) is 0. The highest BCUT2D eigenvalue weighted by molar-refractivity contribution is 4.62. The first-order valence-corrected chi connectivity index (χ1v) is 8.24. The quantitative estimate of drug-likeness (QED) is 0.301. The van der Waals surface area contributed by atoms with Crippen molar-refractivity contribution in [1.29, 1.82) is 0 Å². The summed E-state index contributed by atoms with van der Waals surface area (Å²) in [5.74, 6) is 1.95. The highest BCUT2D eigenvalue weighted by Gasteiger charge is 2.10. The Bertz CT molecular complexity index is 117. The van der Waals surface area contributed by atoms with Crippen LogP contribution in [-0.4, -0.2) is 0 Å². The van der Waals surface area contributed by atoms with Crippen molar-refractivity contribution < 1.29 is 0 Å². The van der Waals surface area contributed by atoms with Crippen LogP contribution < -0.4 is 0 Å². The molecule has 0 amide bonds. The minimum atomic E-state index is 0.957. The fraction of sp³-hybridized carbons (Fsp3) is 0.889. The minimum Gasteiger partial charge on any atom is -0.106 e. The molecule has 0 bridgehead atoms. The molecule has 2 unspecified atom stereocenters. The van der Waals surface area contributed by atoms with Gasteiger partial charge >= 0.3 is 0 Å². The molecular weight excluding hydrogens is 216 g/mol. The minimum absolute atomic E-state index is 0.957. The summed E-state index contributed by atoms with van der Waals surface area (Å²) in [6, 6.07) is 0. The van der Waals surface area contributed by atoms with Crippen LogP contribution in [0.4, 0.5) is 0 Å². The second kappa shape index (κ2) is 22.0. The third kappa shape index (κ3) is 18.1. The van der Waals surface area contributed by atoms with E-state index >= 15 is 0 Å². The summed E-state index contributed by atoms with van der Waals surface area (Å²) in [7, 11) is 0. The zero-order valence-corrected chi connectivity index (χ0v) is 14.2. The Labute approximate surface area is 118 Å². The normalized spacial score (nSPS) is 12.6. The summed E-state index contributed by atoms with van der Waals surface area (Å²) in [6.45, 7) is 19.4. The van der Waals surface area contributed by atoms with Crippen molar-refractivity contribution in [1.82, 2.24) is 0 Å². The first-order valence-electron chi connectivity index (χ1n) is 8.24. The van der Waals surface area contributed by atoms with Gasteiger partial charge in [-0.15, -0.1) is 13.2 Å². The molecule has 0 spiro atoms. The van der Waals surface area contributed by atoms with E-state index in [1.165, 1.54) is 51.4 Å². The van der Waals surface area contributed by atoms with Gasteiger partial charge in [0.15, 0.2) is 0 Å². The Morgan fingerprint density at radius 2 is 1.39 bits per heavy atom. The summed E-state index contributed by atoms with van der Waals surface area (Å²) in [4.78, 5) is 0. The smallest absolute Gasteiger partial charge is 0.0414 e. The van der Waals surface area contributed by atoms with Crippen molar-refractivity contribution in [2.24, 2.45) is 11.8 Å². The summed E-state index contributed by atoms with van der Waals surface area (Å²) in [5, 5.41) is 0. The SMILES string of the molecule is C=C.CC.CCCCCC(C)CC(CC)CCC. The molecule has 0 aliphatic heterocycles. The lowest BCUT2D eigenvalue weighted by Crippen LogP contribution is -2.05. The van der Waals surface area contributed by atoms with E-state index in [1.807, 2.05) is 13.8 Å². The Hall–Kier alpha value is -0.260. The van der Waals surface area contributed by atoms with E-state index in [2.05, 4.69) is 40.9 Å². The van der Waals surface area contributed by atoms with E-state index in [-0.39, 0.29) is 0 Å². The van der Waals surface area contributed by atoms with Gasteiger partial charge in [0, 0.05) is 0 Å². The fourth-order valence-corrected chi connectivity index (χ4v) is 2.33. The molecule has 0 aliphatic rings. The summed E-state index contributed by atoms with van der Waals surface area (Å²) >= 11 is 0. The zero-order chi connectivity index (χ0) is 14.8. The maximum Gasteiger partial charge on any atom is -0.0414 e. The Kier molecular flexibility index (Phi) is 27.9. The molecule has 0 rings (SSSR count). The molecule has 0 nitrogen and oxygen atoms in total. The number of hydrogen-bond donors (Lipinski definition) is 0. The van der Waals surface area contributed by atoms with E-state index < -0.39 is 0 Å². The van der Waals surface area contributed by atoms with Crippen molar-refractivity contribution in [3.63, 3.8) is 0 Å². The average molecular weight is 257 g/mol. The highest BCUT2D eigenvalue weighted by atomic mass is 14.2. The van der Waals surface area contributed by atoms with Gasteiger partial charge in [-0.25, -0.2) is 0 Å². The molecular formula is C18H40. The molecule has 0 heteroatoms. The van der Waals surface area contributed by atoms with Gasteiger partial charge in [-0.05, 0) is 18.3 Å². The lowest BCUT2D eigenvalue weighted by Gasteiger charge is -2.18. The van der Waals surface area contributed by atoms with Crippen molar-refractivity contribution in [3.05, 3.63) is 13.2 Å². The molecule has 0 aromatic heterocycles. The summed E-state index contributed by atoms with van der Waals surface area (Å²) in [6.07, 6.45) is 11.3. The van der Waals surface area contributed by atoms with Gasteiger partial charge < -0.3 is 0 Å². The standard InChI is InChI=1S/C14H30.C2H6.C2H4/c1-5-8-9-11-13(4)12-14(7-3)10-6-2;2*1-2/h13-14H,5-12H2,1-4H3;1-2H3;1-2H2. The molecule has 2 atom stereocenters. The molecule has 0 N–H and O–H groups in total. The fourth-order valence-electron chi connectivity index (χ4n) is 2.33.